The average molecular weight is 277 g/mol. The molecule has 2 nitrogen and oxygen atoms in total. The number of nitrogens with one attached hydrogen (secondary N) is 1. The number of rotatable bonds is 3. The smallest absolute Gasteiger partial charge is 0.235 e. The minimum atomic E-state index is -0.153. The molecule has 0 radical (unpaired) electrons. The maximum Gasteiger partial charge on any atom is 0.235 e. The zero-order chi connectivity index (χ0) is 10.6. The van der Waals surface area contributed by atoms with Gasteiger partial charge in [-0.05, 0) is 18.6 Å². The van der Waals surface area contributed by atoms with Crippen LogP contribution in [0.15, 0.2) is 22.7 Å². The van der Waals surface area contributed by atoms with Crippen LogP contribution in [-0.2, 0) is 11.3 Å². The van der Waals surface area contributed by atoms with E-state index < -0.39 is 0 Å². The Bertz CT molecular complexity index is 341. The third kappa shape index (κ3) is 3.31. The normalized spacial score (nSPS) is 9.93. The molecule has 76 valence electrons. The van der Waals surface area contributed by atoms with Crippen molar-refractivity contribution in [2.75, 3.05) is 5.88 Å². The largest absolute Gasteiger partial charge is 0.351 e. The van der Waals surface area contributed by atoms with Crippen LogP contribution in [0.25, 0.3) is 0 Å². The van der Waals surface area contributed by atoms with Gasteiger partial charge < -0.3 is 5.32 Å². The van der Waals surface area contributed by atoms with Crippen LogP contribution < -0.4 is 5.32 Å². The number of benzene rings is 1. The van der Waals surface area contributed by atoms with Gasteiger partial charge in [0.05, 0.1) is 0 Å². The Hall–Kier alpha value is -0.540. The van der Waals surface area contributed by atoms with Gasteiger partial charge in [-0.2, -0.15) is 0 Å². The lowest BCUT2D eigenvalue weighted by atomic mass is 10.1. The van der Waals surface area contributed by atoms with Gasteiger partial charge in [0, 0.05) is 11.0 Å². The quantitative estimate of drug-likeness (QED) is 0.845. The summed E-state index contributed by atoms with van der Waals surface area (Å²) in [7, 11) is 0. The second-order valence-electron chi connectivity index (χ2n) is 3.01. The number of carbonyl (C=O) groups excluding carboxylic acids is 1. The first-order valence-corrected chi connectivity index (χ1v) is 5.54. The highest BCUT2D eigenvalue weighted by Crippen LogP contribution is 2.17. The van der Waals surface area contributed by atoms with Gasteiger partial charge in [-0.15, -0.1) is 11.6 Å². The van der Waals surface area contributed by atoms with Crippen molar-refractivity contribution in [1.82, 2.24) is 5.32 Å². The molecule has 1 amide bonds. The molecular weight excluding hydrogens is 265 g/mol. The second kappa shape index (κ2) is 5.37. The first-order chi connectivity index (χ1) is 6.63. The van der Waals surface area contributed by atoms with Crippen molar-refractivity contribution in [1.29, 1.82) is 0 Å². The molecular formula is C10H11BrClNO. The standard InChI is InChI=1S/C10H11BrClNO/c1-7-2-3-9(11)8(4-7)6-13-10(14)5-12/h2-4H,5-6H2,1H3,(H,13,14). The molecule has 1 aromatic rings. The summed E-state index contributed by atoms with van der Waals surface area (Å²) in [5, 5.41) is 2.72. The molecule has 0 aliphatic carbocycles. The Balaban J connectivity index is 2.66. The topological polar surface area (TPSA) is 29.1 Å². The van der Waals surface area contributed by atoms with Crippen LogP contribution in [0, 0.1) is 6.92 Å². The first-order valence-electron chi connectivity index (χ1n) is 4.21. The molecule has 0 saturated heterocycles. The third-order valence-electron chi connectivity index (χ3n) is 1.80. The molecule has 0 saturated carbocycles. The molecule has 0 atom stereocenters. The molecule has 0 heterocycles. The Morgan fingerprint density at radius 2 is 2.29 bits per heavy atom. The van der Waals surface area contributed by atoms with E-state index in [1.165, 1.54) is 5.56 Å². The summed E-state index contributed by atoms with van der Waals surface area (Å²) in [5.74, 6) is -0.149. The van der Waals surface area contributed by atoms with E-state index in [4.69, 9.17) is 11.6 Å². The zero-order valence-corrected chi connectivity index (χ0v) is 10.2. The molecule has 0 unspecified atom stereocenters. The van der Waals surface area contributed by atoms with E-state index in [1.54, 1.807) is 0 Å². The number of hydrogen-bond acceptors (Lipinski definition) is 1. The summed E-state index contributed by atoms with van der Waals surface area (Å²) in [6.45, 7) is 2.52. The average Bonchev–Trinajstić information content (AvgIpc) is 2.19. The molecule has 0 spiro atoms. The maximum atomic E-state index is 10.9. The van der Waals surface area contributed by atoms with Crippen molar-refractivity contribution < 1.29 is 4.79 Å². The summed E-state index contributed by atoms with van der Waals surface area (Å²) >= 11 is 8.78. The predicted molar refractivity (Wildman–Crippen MR) is 61.4 cm³/mol. The van der Waals surface area contributed by atoms with E-state index in [-0.39, 0.29) is 11.8 Å². The second-order valence-corrected chi connectivity index (χ2v) is 4.13. The SMILES string of the molecule is Cc1ccc(Br)c(CNC(=O)CCl)c1. The Morgan fingerprint density at radius 3 is 2.93 bits per heavy atom. The Labute approximate surface area is 96.8 Å². The summed E-state index contributed by atoms with van der Waals surface area (Å²) in [6, 6.07) is 6.01. The summed E-state index contributed by atoms with van der Waals surface area (Å²) < 4.78 is 0.998. The van der Waals surface area contributed by atoms with E-state index in [0.29, 0.717) is 6.54 Å². The maximum absolute atomic E-state index is 10.9. The van der Waals surface area contributed by atoms with Crippen LogP contribution in [0.2, 0.25) is 0 Å². The molecule has 0 fully saturated rings. The van der Waals surface area contributed by atoms with Crippen molar-refractivity contribution in [2.45, 2.75) is 13.5 Å². The van der Waals surface area contributed by atoms with Crippen molar-refractivity contribution in [3.8, 4) is 0 Å². The van der Waals surface area contributed by atoms with Crippen LogP contribution in [-0.4, -0.2) is 11.8 Å². The predicted octanol–water partition coefficient (Wildman–Crippen LogP) is 2.61. The Morgan fingerprint density at radius 1 is 1.57 bits per heavy atom. The summed E-state index contributed by atoms with van der Waals surface area (Å²) in [4.78, 5) is 10.9. The molecule has 4 heteroatoms. The fourth-order valence-corrected chi connectivity index (χ4v) is 1.56. The van der Waals surface area contributed by atoms with E-state index >= 15 is 0 Å². The molecule has 0 aromatic heterocycles. The fourth-order valence-electron chi connectivity index (χ4n) is 1.08. The van der Waals surface area contributed by atoms with Gasteiger partial charge in [0.15, 0.2) is 0 Å². The molecule has 14 heavy (non-hydrogen) atoms. The Kier molecular flexibility index (Phi) is 4.42. The van der Waals surface area contributed by atoms with Crippen molar-refractivity contribution in [2.24, 2.45) is 0 Å². The molecule has 0 aliphatic rings. The molecule has 0 aliphatic heterocycles. The number of hydrogen-bond donors (Lipinski definition) is 1. The monoisotopic (exact) mass is 275 g/mol. The highest BCUT2D eigenvalue weighted by atomic mass is 79.9. The van der Waals surface area contributed by atoms with Gasteiger partial charge in [-0.3, -0.25) is 4.79 Å². The lowest BCUT2D eigenvalue weighted by Crippen LogP contribution is -2.23. The van der Waals surface area contributed by atoms with Gasteiger partial charge in [-0.1, -0.05) is 33.6 Å². The van der Waals surface area contributed by atoms with E-state index in [1.807, 2.05) is 25.1 Å². The highest BCUT2D eigenvalue weighted by Gasteiger charge is 2.02. The minimum absolute atomic E-state index is 0.00341. The van der Waals surface area contributed by atoms with Crippen molar-refractivity contribution >= 4 is 33.4 Å². The van der Waals surface area contributed by atoms with Gasteiger partial charge in [0.2, 0.25) is 5.91 Å². The fraction of sp³-hybridized carbons (Fsp3) is 0.300. The van der Waals surface area contributed by atoms with Crippen molar-refractivity contribution in [3.05, 3.63) is 33.8 Å². The van der Waals surface area contributed by atoms with Crippen LogP contribution >= 0.6 is 27.5 Å². The third-order valence-corrected chi connectivity index (χ3v) is 2.81. The zero-order valence-electron chi connectivity index (χ0n) is 7.81. The highest BCUT2D eigenvalue weighted by molar-refractivity contribution is 9.10. The van der Waals surface area contributed by atoms with Gasteiger partial charge in [-0.25, -0.2) is 0 Å². The van der Waals surface area contributed by atoms with E-state index in [2.05, 4.69) is 21.2 Å². The van der Waals surface area contributed by atoms with Crippen LogP contribution in [0.1, 0.15) is 11.1 Å². The van der Waals surface area contributed by atoms with E-state index in [9.17, 15) is 4.79 Å². The van der Waals surface area contributed by atoms with Gasteiger partial charge in [0.25, 0.3) is 0 Å². The van der Waals surface area contributed by atoms with Crippen LogP contribution in [0.3, 0.4) is 0 Å². The van der Waals surface area contributed by atoms with Crippen LogP contribution in [0.4, 0.5) is 0 Å². The lowest BCUT2D eigenvalue weighted by Gasteiger charge is -2.06. The summed E-state index contributed by atoms with van der Waals surface area (Å²) in [6.07, 6.45) is 0. The molecule has 1 N–H and O–H groups in total. The molecule has 1 aromatic carbocycles. The molecule has 1 rings (SSSR count). The number of aryl methyl sites for hydroxylation is 1. The number of alkyl halides is 1. The van der Waals surface area contributed by atoms with Gasteiger partial charge in [0.1, 0.15) is 5.88 Å². The molecule has 0 bridgehead atoms. The number of carbonyl (C=O) groups is 1. The van der Waals surface area contributed by atoms with Gasteiger partial charge >= 0.3 is 0 Å². The van der Waals surface area contributed by atoms with E-state index in [0.717, 1.165) is 10.0 Å². The number of halogens is 2. The van der Waals surface area contributed by atoms with Crippen LogP contribution in [0.5, 0.6) is 0 Å². The van der Waals surface area contributed by atoms with Crippen molar-refractivity contribution in [3.63, 3.8) is 0 Å². The summed E-state index contributed by atoms with van der Waals surface area (Å²) in [5.41, 5.74) is 2.23. The lowest BCUT2D eigenvalue weighted by molar-refractivity contribution is -0.118. The number of amides is 1. The minimum Gasteiger partial charge on any atom is -0.351 e. The first kappa shape index (κ1) is 11.5.